The Morgan fingerprint density at radius 1 is 1.47 bits per heavy atom. The van der Waals surface area contributed by atoms with Crippen LogP contribution in [-0.4, -0.2) is 21.2 Å². The molecule has 0 atom stereocenters. The van der Waals surface area contributed by atoms with E-state index >= 15 is 0 Å². The Bertz CT molecular complexity index is 498. The highest BCUT2D eigenvalue weighted by Crippen LogP contribution is 2.22. The van der Waals surface area contributed by atoms with Gasteiger partial charge in [-0.3, -0.25) is 4.98 Å². The zero-order valence-electron chi connectivity index (χ0n) is 9.64. The molecule has 6 heteroatoms. The lowest BCUT2D eigenvalue weighted by molar-refractivity contribution is 0.362. The van der Waals surface area contributed by atoms with Crippen LogP contribution >= 0.6 is 15.9 Å². The first-order valence-electron chi connectivity index (χ1n) is 5.33. The van der Waals surface area contributed by atoms with Gasteiger partial charge in [-0.1, -0.05) is 19.0 Å². The molecule has 0 aromatic carbocycles. The van der Waals surface area contributed by atoms with Crippen molar-refractivity contribution in [2.45, 2.75) is 26.4 Å². The third-order valence-electron chi connectivity index (χ3n) is 2.10. The smallest absolute Gasteiger partial charge is 0.240 e. The third-order valence-corrected chi connectivity index (χ3v) is 2.74. The van der Waals surface area contributed by atoms with Crippen molar-refractivity contribution in [1.82, 2.24) is 20.4 Å². The van der Waals surface area contributed by atoms with Crippen molar-refractivity contribution in [3.05, 3.63) is 28.7 Å². The molecular weight excluding hydrogens is 284 g/mol. The molecule has 0 unspecified atom stereocenters. The van der Waals surface area contributed by atoms with Gasteiger partial charge in [-0.05, 0) is 28.1 Å². The molecule has 17 heavy (non-hydrogen) atoms. The monoisotopic (exact) mass is 296 g/mol. The number of hydrogen-bond donors (Lipinski definition) is 1. The first-order chi connectivity index (χ1) is 8.16. The summed E-state index contributed by atoms with van der Waals surface area (Å²) in [4.78, 5) is 8.49. The Balaban J connectivity index is 2.16. The standard InChI is InChI=1S/C11H13BrN4O/c1-7(2)14-6-9-15-11(16-17-9)10-8(12)4-3-5-13-10/h3-5,7,14H,6H2,1-2H3. The second kappa shape index (κ2) is 5.37. The predicted octanol–water partition coefficient (Wildman–Crippen LogP) is 2.39. The van der Waals surface area contributed by atoms with E-state index in [0.717, 1.165) is 4.47 Å². The molecule has 0 radical (unpaired) electrons. The van der Waals surface area contributed by atoms with Crippen LogP contribution in [-0.2, 0) is 6.54 Å². The van der Waals surface area contributed by atoms with Gasteiger partial charge < -0.3 is 9.84 Å². The van der Waals surface area contributed by atoms with Crippen molar-refractivity contribution in [1.29, 1.82) is 0 Å². The summed E-state index contributed by atoms with van der Waals surface area (Å²) >= 11 is 3.40. The average molecular weight is 297 g/mol. The maximum atomic E-state index is 5.14. The number of nitrogens with zero attached hydrogens (tertiary/aromatic N) is 3. The van der Waals surface area contributed by atoms with Gasteiger partial charge in [0.2, 0.25) is 11.7 Å². The Hall–Kier alpha value is -1.27. The minimum absolute atomic E-state index is 0.381. The molecule has 0 saturated heterocycles. The summed E-state index contributed by atoms with van der Waals surface area (Å²) in [6, 6.07) is 4.12. The average Bonchev–Trinajstić information content (AvgIpc) is 2.75. The van der Waals surface area contributed by atoms with Crippen LogP contribution in [0.25, 0.3) is 11.5 Å². The fraction of sp³-hybridized carbons (Fsp3) is 0.364. The van der Waals surface area contributed by atoms with Crippen molar-refractivity contribution in [3.63, 3.8) is 0 Å². The molecule has 90 valence electrons. The Kier molecular flexibility index (Phi) is 3.86. The number of rotatable bonds is 4. The van der Waals surface area contributed by atoms with Crippen LogP contribution in [0.1, 0.15) is 19.7 Å². The summed E-state index contributed by atoms with van der Waals surface area (Å²) in [6.07, 6.45) is 1.70. The van der Waals surface area contributed by atoms with Gasteiger partial charge in [0.15, 0.2) is 0 Å². The summed E-state index contributed by atoms with van der Waals surface area (Å²) in [5.41, 5.74) is 0.687. The molecule has 2 aromatic rings. The van der Waals surface area contributed by atoms with E-state index in [1.54, 1.807) is 6.20 Å². The fourth-order valence-electron chi connectivity index (χ4n) is 1.26. The third kappa shape index (κ3) is 3.10. The lowest BCUT2D eigenvalue weighted by atomic mass is 10.3. The van der Waals surface area contributed by atoms with Crippen LogP contribution in [0.3, 0.4) is 0 Å². The number of nitrogens with one attached hydrogen (secondary N) is 1. The normalized spacial score (nSPS) is 11.1. The number of hydrogen-bond acceptors (Lipinski definition) is 5. The molecule has 1 N–H and O–H groups in total. The molecular formula is C11H13BrN4O. The zero-order chi connectivity index (χ0) is 12.3. The Morgan fingerprint density at radius 2 is 2.29 bits per heavy atom. The Labute approximate surface area is 108 Å². The summed E-state index contributed by atoms with van der Waals surface area (Å²) < 4.78 is 5.99. The molecule has 2 heterocycles. The largest absolute Gasteiger partial charge is 0.337 e. The van der Waals surface area contributed by atoms with Gasteiger partial charge in [0.25, 0.3) is 0 Å². The minimum Gasteiger partial charge on any atom is -0.337 e. The van der Waals surface area contributed by atoms with E-state index in [4.69, 9.17) is 4.52 Å². The van der Waals surface area contributed by atoms with E-state index < -0.39 is 0 Å². The molecule has 5 nitrogen and oxygen atoms in total. The molecule has 0 aliphatic carbocycles. The lowest BCUT2D eigenvalue weighted by Crippen LogP contribution is -2.21. The van der Waals surface area contributed by atoms with Crippen LogP contribution in [0, 0.1) is 0 Å². The van der Waals surface area contributed by atoms with Gasteiger partial charge in [-0.25, -0.2) is 0 Å². The first-order valence-corrected chi connectivity index (χ1v) is 6.13. The van der Waals surface area contributed by atoms with E-state index in [9.17, 15) is 0 Å². The van der Waals surface area contributed by atoms with E-state index in [-0.39, 0.29) is 0 Å². The maximum absolute atomic E-state index is 5.14. The molecule has 0 aliphatic heterocycles. The van der Waals surface area contributed by atoms with Crippen molar-refractivity contribution in [2.75, 3.05) is 0 Å². The molecule has 2 rings (SSSR count). The molecule has 2 aromatic heterocycles. The number of aromatic nitrogens is 3. The van der Waals surface area contributed by atoms with E-state index in [2.05, 4.69) is 50.2 Å². The summed E-state index contributed by atoms with van der Waals surface area (Å²) in [5.74, 6) is 1.06. The lowest BCUT2D eigenvalue weighted by Gasteiger charge is -2.02. The maximum Gasteiger partial charge on any atom is 0.240 e. The van der Waals surface area contributed by atoms with E-state index in [1.165, 1.54) is 0 Å². The SMILES string of the molecule is CC(C)NCc1nc(-c2ncccc2Br)no1. The van der Waals surface area contributed by atoms with Gasteiger partial charge in [-0.15, -0.1) is 0 Å². The van der Waals surface area contributed by atoms with Gasteiger partial charge in [0, 0.05) is 16.7 Å². The van der Waals surface area contributed by atoms with Crippen molar-refractivity contribution in [3.8, 4) is 11.5 Å². The van der Waals surface area contributed by atoms with Crippen molar-refractivity contribution in [2.24, 2.45) is 0 Å². The summed E-state index contributed by atoms with van der Waals surface area (Å²) in [5, 5.41) is 7.12. The van der Waals surface area contributed by atoms with Crippen LogP contribution < -0.4 is 5.32 Å². The van der Waals surface area contributed by atoms with Gasteiger partial charge >= 0.3 is 0 Å². The van der Waals surface area contributed by atoms with Crippen LogP contribution in [0.4, 0.5) is 0 Å². The molecule has 0 saturated carbocycles. The number of halogens is 1. The van der Waals surface area contributed by atoms with Gasteiger partial charge in [0.05, 0.1) is 6.54 Å². The second-order valence-corrected chi connectivity index (χ2v) is 4.74. The Morgan fingerprint density at radius 3 is 3.00 bits per heavy atom. The zero-order valence-corrected chi connectivity index (χ0v) is 11.2. The highest BCUT2D eigenvalue weighted by molar-refractivity contribution is 9.10. The van der Waals surface area contributed by atoms with Crippen molar-refractivity contribution < 1.29 is 4.52 Å². The summed E-state index contributed by atoms with van der Waals surface area (Å²) in [6.45, 7) is 4.69. The highest BCUT2D eigenvalue weighted by atomic mass is 79.9. The van der Waals surface area contributed by atoms with Gasteiger partial charge in [-0.2, -0.15) is 4.98 Å². The van der Waals surface area contributed by atoms with E-state index in [1.807, 2.05) is 12.1 Å². The fourth-order valence-corrected chi connectivity index (χ4v) is 1.70. The van der Waals surface area contributed by atoms with Gasteiger partial charge in [0.1, 0.15) is 5.69 Å². The molecule has 0 amide bonds. The van der Waals surface area contributed by atoms with Crippen LogP contribution in [0.5, 0.6) is 0 Å². The van der Waals surface area contributed by atoms with E-state index in [0.29, 0.717) is 30.0 Å². The molecule has 0 bridgehead atoms. The number of pyridine rings is 1. The topological polar surface area (TPSA) is 63.8 Å². The summed E-state index contributed by atoms with van der Waals surface area (Å²) in [7, 11) is 0. The predicted molar refractivity (Wildman–Crippen MR) is 67.2 cm³/mol. The molecule has 0 fully saturated rings. The second-order valence-electron chi connectivity index (χ2n) is 3.88. The first kappa shape index (κ1) is 12.2. The molecule has 0 spiro atoms. The van der Waals surface area contributed by atoms with Crippen LogP contribution in [0.2, 0.25) is 0 Å². The van der Waals surface area contributed by atoms with Crippen LogP contribution in [0.15, 0.2) is 27.3 Å². The van der Waals surface area contributed by atoms with Crippen molar-refractivity contribution >= 4 is 15.9 Å². The quantitative estimate of drug-likeness (QED) is 0.938. The minimum atomic E-state index is 0.381. The highest BCUT2D eigenvalue weighted by Gasteiger charge is 2.12. The molecule has 0 aliphatic rings.